The van der Waals surface area contributed by atoms with Gasteiger partial charge in [0.05, 0.1) is 29.0 Å². The van der Waals surface area contributed by atoms with E-state index in [-0.39, 0.29) is 5.56 Å². The molecule has 37 heavy (non-hydrogen) atoms. The summed E-state index contributed by atoms with van der Waals surface area (Å²) < 4.78 is 7.33. The van der Waals surface area contributed by atoms with E-state index >= 15 is 0 Å². The zero-order valence-corrected chi connectivity index (χ0v) is 22.3. The largest absolute Gasteiger partial charge is 0.466 e. The number of fused-ring (bicyclic) bond motifs is 2. The first-order valence-corrected chi connectivity index (χ1v) is 13.8. The minimum Gasteiger partial charge on any atom is -0.466 e. The molecule has 5 nitrogen and oxygen atoms in total. The molecule has 0 spiro atoms. The molecular formula is C30H26N2O3S2. The summed E-state index contributed by atoms with van der Waals surface area (Å²) in [5, 5.41) is 2.21. The average Bonchev–Trinajstić information content (AvgIpc) is 3.25. The Hall–Kier alpha value is -3.68. The summed E-state index contributed by atoms with van der Waals surface area (Å²) >= 11 is 3.08. The molecule has 1 aromatic heterocycles. The summed E-state index contributed by atoms with van der Waals surface area (Å²) in [6.07, 6.45) is 4.38. The van der Waals surface area contributed by atoms with E-state index in [1.165, 1.54) is 23.3 Å². The number of methoxy groups -OCH3 is 1. The van der Waals surface area contributed by atoms with Gasteiger partial charge in [-0.15, -0.1) is 18.3 Å². The van der Waals surface area contributed by atoms with Gasteiger partial charge in [-0.05, 0) is 40.5 Å². The van der Waals surface area contributed by atoms with Crippen LogP contribution >= 0.6 is 23.1 Å². The maximum atomic E-state index is 13.9. The van der Waals surface area contributed by atoms with Gasteiger partial charge in [0.1, 0.15) is 0 Å². The van der Waals surface area contributed by atoms with Gasteiger partial charge in [0.15, 0.2) is 4.80 Å². The molecule has 3 aromatic carbocycles. The van der Waals surface area contributed by atoms with Crippen molar-refractivity contribution in [3.63, 3.8) is 0 Å². The standard InChI is InChI=1S/C30H26N2O3S2/c1-4-17-36-24-16-15-20(21-13-9-10-14-22(21)24)18-25-28(33)32-27(19-11-7-6-8-12-19)26(29(34)35-3)23(5-2)31-30(32)37-25/h4,6-16,18,27H,1,5,17H2,2-3H3/b25-18-/t27-/m0/s1. The van der Waals surface area contributed by atoms with E-state index in [1.807, 2.05) is 61.5 Å². The van der Waals surface area contributed by atoms with Gasteiger partial charge in [-0.1, -0.05) is 85.0 Å². The van der Waals surface area contributed by atoms with Crippen molar-refractivity contribution >= 4 is 45.9 Å². The first-order valence-electron chi connectivity index (χ1n) is 12.0. The number of hydrogen-bond acceptors (Lipinski definition) is 6. The molecule has 0 fully saturated rings. The fourth-order valence-corrected chi connectivity index (χ4v) is 6.46. The number of aromatic nitrogens is 1. The van der Waals surface area contributed by atoms with Crippen LogP contribution in [0.25, 0.3) is 16.8 Å². The zero-order chi connectivity index (χ0) is 25.9. The third-order valence-corrected chi connectivity index (χ3v) is 8.38. The Morgan fingerprint density at radius 2 is 1.84 bits per heavy atom. The lowest BCUT2D eigenvalue weighted by atomic mass is 9.95. The quantitative estimate of drug-likeness (QED) is 0.188. The summed E-state index contributed by atoms with van der Waals surface area (Å²) in [5.74, 6) is 0.353. The van der Waals surface area contributed by atoms with Crippen molar-refractivity contribution in [1.82, 2.24) is 4.57 Å². The molecule has 7 heteroatoms. The van der Waals surface area contributed by atoms with Crippen molar-refractivity contribution in [3.05, 3.63) is 121 Å². The van der Waals surface area contributed by atoms with Crippen LogP contribution in [0, 0.1) is 0 Å². The number of nitrogens with zero attached hydrogens (tertiary/aromatic N) is 2. The maximum absolute atomic E-state index is 13.9. The highest BCUT2D eigenvalue weighted by Gasteiger charge is 2.33. The summed E-state index contributed by atoms with van der Waals surface area (Å²) in [5.41, 5.74) is 2.67. The molecule has 0 radical (unpaired) electrons. The number of allylic oxidation sites excluding steroid dienone is 1. The van der Waals surface area contributed by atoms with Crippen LogP contribution in [0.1, 0.15) is 30.5 Å². The van der Waals surface area contributed by atoms with E-state index in [4.69, 9.17) is 9.73 Å². The van der Waals surface area contributed by atoms with E-state index in [9.17, 15) is 9.59 Å². The Balaban J connectivity index is 1.74. The van der Waals surface area contributed by atoms with Crippen LogP contribution in [0.15, 0.2) is 105 Å². The third kappa shape index (κ3) is 4.61. The van der Waals surface area contributed by atoms with E-state index in [0.29, 0.717) is 27.0 Å². The molecular weight excluding hydrogens is 500 g/mol. The Morgan fingerprint density at radius 3 is 2.54 bits per heavy atom. The Kier molecular flexibility index (Phi) is 7.26. The molecule has 1 aliphatic heterocycles. The first-order chi connectivity index (χ1) is 18.1. The van der Waals surface area contributed by atoms with Crippen LogP contribution in [-0.4, -0.2) is 23.4 Å². The molecule has 5 rings (SSSR count). The highest BCUT2D eigenvalue weighted by molar-refractivity contribution is 7.99. The fraction of sp³-hybridized carbons (Fsp3) is 0.167. The average molecular weight is 527 g/mol. The molecule has 0 amide bonds. The lowest BCUT2D eigenvalue weighted by Crippen LogP contribution is -2.40. The molecule has 1 aliphatic rings. The molecule has 0 N–H and O–H groups in total. The SMILES string of the molecule is C=CCSc1ccc(/C=c2\sc3n(c2=O)[C@@H](c2ccccc2)C(C(=O)OC)=C(CC)N=3)c2ccccc12. The van der Waals surface area contributed by atoms with Crippen molar-refractivity contribution in [2.24, 2.45) is 4.99 Å². The van der Waals surface area contributed by atoms with Crippen LogP contribution in [-0.2, 0) is 9.53 Å². The summed E-state index contributed by atoms with van der Waals surface area (Å²) in [6.45, 7) is 5.78. The number of thioether (sulfide) groups is 1. The molecule has 4 aromatic rings. The zero-order valence-electron chi connectivity index (χ0n) is 20.6. The van der Waals surface area contributed by atoms with Crippen LogP contribution in [0.2, 0.25) is 0 Å². The normalized spacial score (nSPS) is 15.4. The second-order valence-electron chi connectivity index (χ2n) is 8.50. The van der Waals surface area contributed by atoms with Crippen LogP contribution in [0.5, 0.6) is 0 Å². The second kappa shape index (κ2) is 10.7. The number of carbonyl (C=O) groups excluding carboxylic acids is 1. The molecule has 0 saturated heterocycles. The van der Waals surface area contributed by atoms with E-state index in [2.05, 4.69) is 30.8 Å². The van der Waals surface area contributed by atoms with Crippen molar-refractivity contribution in [2.75, 3.05) is 12.9 Å². The van der Waals surface area contributed by atoms with Gasteiger partial charge < -0.3 is 4.74 Å². The van der Waals surface area contributed by atoms with Gasteiger partial charge in [-0.2, -0.15) is 0 Å². The number of carbonyl (C=O) groups is 1. The highest BCUT2D eigenvalue weighted by Crippen LogP contribution is 2.32. The second-order valence-corrected chi connectivity index (χ2v) is 10.6. The molecule has 1 atom stereocenters. The maximum Gasteiger partial charge on any atom is 0.338 e. The number of thiazole rings is 1. The topological polar surface area (TPSA) is 60.7 Å². The van der Waals surface area contributed by atoms with Gasteiger partial charge in [-0.25, -0.2) is 9.79 Å². The third-order valence-electron chi connectivity index (χ3n) is 6.33. The van der Waals surface area contributed by atoms with Gasteiger partial charge in [0.2, 0.25) is 0 Å². The van der Waals surface area contributed by atoms with Crippen molar-refractivity contribution < 1.29 is 9.53 Å². The lowest BCUT2D eigenvalue weighted by Gasteiger charge is -2.25. The van der Waals surface area contributed by atoms with Crippen LogP contribution in [0.4, 0.5) is 0 Å². The number of esters is 1. The van der Waals surface area contributed by atoms with Crippen LogP contribution in [0.3, 0.4) is 0 Å². The van der Waals surface area contributed by atoms with E-state index < -0.39 is 12.0 Å². The summed E-state index contributed by atoms with van der Waals surface area (Å²) in [7, 11) is 1.36. The number of benzene rings is 3. The Bertz CT molecular complexity index is 1720. The Labute approximate surface area is 223 Å². The molecule has 2 heterocycles. The molecule has 0 unspecified atom stereocenters. The number of ether oxygens (including phenoxy) is 1. The van der Waals surface area contributed by atoms with Crippen molar-refractivity contribution in [2.45, 2.75) is 24.3 Å². The van der Waals surface area contributed by atoms with Crippen molar-refractivity contribution in [3.8, 4) is 0 Å². The Morgan fingerprint density at radius 1 is 1.11 bits per heavy atom. The minimum absolute atomic E-state index is 0.177. The first kappa shape index (κ1) is 25.0. The summed E-state index contributed by atoms with van der Waals surface area (Å²) in [4.78, 5) is 33.3. The van der Waals surface area contributed by atoms with Gasteiger partial charge in [0, 0.05) is 10.6 Å². The molecule has 0 bridgehead atoms. The fourth-order valence-electron chi connectivity index (χ4n) is 4.65. The molecule has 0 saturated carbocycles. The van der Waals surface area contributed by atoms with Gasteiger partial charge in [0.25, 0.3) is 5.56 Å². The molecule has 186 valence electrons. The number of hydrogen-bond donors (Lipinski definition) is 0. The van der Waals surface area contributed by atoms with Gasteiger partial charge in [-0.3, -0.25) is 9.36 Å². The number of rotatable bonds is 7. The molecule has 0 aliphatic carbocycles. The predicted molar refractivity (Wildman–Crippen MR) is 152 cm³/mol. The smallest absolute Gasteiger partial charge is 0.338 e. The minimum atomic E-state index is -0.601. The summed E-state index contributed by atoms with van der Waals surface area (Å²) in [6, 6.07) is 21.3. The van der Waals surface area contributed by atoms with E-state index in [0.717, 1.165) is 27.7 Å². The van der Waals surface area contributed by atoms with Gasteiger partial charge >= 0.3 is 5.97 Å². The van der Waals surface area contributed by atoms with Crippen molar-refractivity contribution in [1.29, 1.82) is 0 Å². The monoisotopic (exact) mass is 526 g/mol. The highest BCUT2D eigenvalue weighted by atomic mass is 32.2. The van der Waals surface area contributed by atoms with E-state index in [1.54, 1.807) is 16.3 Å². The predicted octanol–water partition coefficient (Wildman–Crippen LogP) is 5.23. The lowest BCUT2D eigenvalue weighted by molar-refractivity contribution is -0.136. The van der Waals surface area contributed by atoms with Crippen LogP contribution < -0.4 is 14.9 Å².